The number of nitrogens with one attached hydrogen (secondary N) is 1. The number of halogens is 2. The molecule has 2 fully saturated rings. The lowest BCUT2D eigenvalue weighted by molar-refractivity contribution is -0.134. The number of carbonyl (C=O) groups excluding carboxylic acids is 3. The van der Waals surface area contributed by atoms with Crippen LogP contribution in [0.2, 0.25) is 10.0 Å². The number of benzene rings is 3. The fourth-order valence-corrected chi connectivity index (χ4v) is 6.97. The molecule has 1 atom stereocenters. The first-order chi connectivity index (χ1) is 22.2. The topological polar surface area (TPSA) is 99.9 Å². The number of amides is 3. The van der Waals surface area contributed by atoms with Gasteiger partial charge >= 0.3 is 0 Å². The summed E-state index contributed by atoms with van der Waals surface area (Å²) >= 11 is 12.2. The van der Waals surface area contributed by atoms with Gasteiger partial charge in [0.1, 0.15) is 11.6 Å². The summed E-state index contributed by atoms with van der Waals surface area (Å²) < 4.78 is 5.87. The molecule has 2 aliphatic rings. The Morgan fingerprint density at radius 1 is 0.957 bits per heavy atom. The van der Waals surface area contributed by atoms with Crippen LogP contribution in [0.1, 0.15) is 64.4 Å². The first-order valence-corrected chi connectivity index (χ1v) is 16.4. The van der Waals surface area contributed by atoms with Gasteiger partial charge in [-0.05, 0) is 78.6 Å². The molecule has 0 aliphatic carbocycles. The van der Waals surface area contributed by atoms with Gasteiger partial charge in [-0.25, -0.2) is 0 Å². The summed E-state index contributed by atoms with van der Waals surface area (Å²) in [7, 11) is 0. The Labute approximate surface area is 277 Å². The molecule has 4 aromatic rings. The van der Waals surface area contributed by atoms with Gasteiger partial charge in [-0.2, -0.15) is 0 Å². The molecule has 6 rings (SSSR count). The molecule has 0 radical (unpaired) electrons. The Hall–Kier alpha value is -4.14. The maximum Gasteiger partial charge on any atom is 0.287 e. The van der Waals surface area contributed by atoms with Gasteiger partial charge in [0.25, 0.3) is 5.91 Å². The van der Waals surface area contributed by atoms with Gasteiger partial charge in [0.2, 0.25) is 11.8 Å². The first kappa shape index (κ1) is 31.8. The number of hydrogen-bond acceptors (Lipinski definition) is 5. The minimum atomic E-state index is -0.897. The molecule has 3 heterocycles. The Kier molecular flexibility index (Phi) is 9.47. The van der Waals surface area contributed by atoms with Gasteiger partial charge in [0, 0.05) is 55.1 Å². The predicted molar refractivity (Wildman–Crippen MR) is 178 cm³/mol. The van der Waals surface area contributed by atoms with Crippen molar-refractivity contribution >= 4 is 51.9 Å². The van der Waals surface area contributed by atoms with Crippen LogP contribution < -0.4 is 10.7 Å². The number of fused-ring (bicyclic) bond motifs is 1. The molecule has 2 saturated heterocycles. The molecule has 1 aromatic heterocycles. The van der Waals surface area contributed by atoms with Crippen LogP contribution in [0.15, 0.2) is 75.9 Å². The van der Waals surface area contributed by atoms with E-state index in [1.54, 1.807) is 30.0 Å². The molecule has 0 bridgehead atoms. The first-order valence-electron chi connectivity index (χ1n) is 15.6. The van der Waals surface area contributed by atoms with E-state index in [2.05, 4.69) is 17.4 Å². The van der Waals surface area contributed by atoms with Gasteiger partial charge in [-0.3, -0.25) is 19.2 Å². The van der Waals surface area contributed by atoms with Crippen LogP contribution in [0, 0.1) is 6.92 Å². The Morgan fingerprint density at radius 2 is 1.70 bits per heavy atom. The van der Waals surface area contributed by atoms with E-state index in [-0.39, 0.29) is 40.9 Å². The van der Waals surface area contributed by atoms with Crippen LogP contribution in [-0.4, -0.2) is 53.2 Å². The van der Waals surface area contributed by atoms with E-state index in [9.17, 15) is 19.2 Å². The number of rotatable bonds is 8. The number of piperidine rings is 1. The van der Waals surface area contributed by atoms with Crippen LogP contribution in [0.25, 0.3) is 11.0 Å². The Bertz CT molecular complexity index is 1850. The summed E-state index contributed by atoms with van der Waals surface area (Å²) in [5, 5.41) is 4.11. The zero-order chi connectivity index (χ0) is 32.4. The number of likely N-dealkylation sites (tertiary alicyclic amines) is 2. The number of nitrogens with zero attached hydrogens (tertiary/aromatic N) is 2. The third-order valence-electron chi connectivity index (χ3n) is 8.99. The average Bonchev–Trinajstić information content (AvgIpc) is 3.45. The molecule has 1 unspecified atom stereocenters. The van der Waals surface area contributed by atoms with E-state index in [0.717, 1.165) is 43.0 Å². The Balaban J connectivity index is 1.19. The summed E-state index contributed by atoms with van der Waals surface area (Å²) in [4.78, 5) is 56.4. The van der Waals surface area contributed by atoms with E-state index in [1.807, 2.05) is 29.2 Å². The van der Waals surface area contributed by atoms with E-state index >= 15 is 0 Å². The number of carbonyl (C=O) groups is 3. The SMILES string of the molecule is Cc1cc(Cl)cc2c(=O)cc(C(=O)NC(Cc3ccc(Cl)cc3)C(=O)N3CCC(c4ccccc4CN4CCCC4=O)CC3)oc12. The zero-order valence-electron chi connectivity index (χ0n) is 25.6. The molecule has 46 heavy (non-hydrogen) atoms. The second-order valence-electron chi connectivity index (χ2n) is 12.1. The van der Waals surface area contributed by atoms with Crippen molar-refractivity contribution < 1.29 is 18.8 Å². The van der Waals surface area contributed by atoms with Crippen molar-refractivity contribution in [2.24, 2.45) is 0 Å². The normalized spacial score (nSPS) is 16.2. The molecule has 1 N–H and O–H groups in total. The molecule has 8 nitrogen and oxygen atoms in total. The highest BCUT2D eigenvalue weighted by Gasteiger charge is 2.32. The molecule has 0 saturated carbocycles. The van der Waals surface area contributed by atoms with Crippen molar-refractivity contribution in [3.05, 3.63) is 115 Å². The average molecular weight is 661 g/mol. The summed E-state index contributed by atoms with van der Waals surface area (Å²) in [5.41, 5.74) is 3.72. The van der Waals surface area contributed by atoms with Crippen LogP contribution in [0.5, 0.6) is 0 Å². The molecule has 3 aromatic carbocycles. The molecule has 3 amide bonds. The van der Waals surface area contributed by atoms with E-state index < -0.39 is 17.4 Å². The minimum absolute atomic E-state index is 0.177. The van der Waals surface area contributed by atoms with Crippen molar-refractivity contribution in [3.63, 3.8) is 0 Å². The molecular formula is C36H35Cl2N3O5. The maximum atomic E-state index is 14.0. The molecule has 238 valence electrons. The monoisotopic (exact) mass is 659 g/mol. The fraction of sp³-hybridized carbons (Fsp3) is 0.333. The zero-order valence-corrected chi connectivity index (χ0v) is 27.1. The minimum Gasteiger partial charge on any atom is -0.450 e. The van der Waals surface area contributed by atoms with E-state index in [4.69, 9.17) is 27.6 Å². The summed E-state index contributed by atoms with van der Waals surface area (Å²) in [6.07, 6.45) is 3.27. The number of hydrogen-bond donors (Lipinski definition) is 1. The largest absolute Gasteiger partial charge is 0.450 e. The standard InChI is InChI=1S/C36H35Cl2N3O5/c1-22-17-27(38)19-29-31(42)20-32(46-34(22)29)35(44)39-30(18-23-8-10-26(37)11-9-23)36(45)40-15-12-24(13-16-40)28-6-3-2-5-25(28)21-41-14-4-7-33(41)43/h2-3,5-6,8-11,17,19-20,24,30H,4,7,12-16,18,21H2,1H3,(H,39,44). The van der Waals surface area contributed by atoms with Crippen molar-refractivity contribution in [3.8, 4) is 0 Å². The van der Waals surface area contributed by atoms with Gasteiger partial charge in [0.05, 0.1) is 5.39 Å². The summed E-state index contributed by atoms with van der Waals surface area (Å²) in [6, 6.07) is 18.8. The lowest BCUT2D eigenvalue weighted by Crippen LogP contribution is -2.51. The van der Waals surface area contributed by atoms with E-state index in [1.165, 1.54) is 11.6 Å². The van der Waals surface area contributed by atoms with Gasteiger partial charge in [-0.15, -0.1) is 0 Å². The highest BCUT2D eigenvalue weighted by Crippen LogP contribution is 2.32. The van der Waals surface area contributed by atoms with Crippen molar-refractivity contribution in [1.29, 1.82) is 0 Å². The summed E-state index contributed by atoms with van der Waals surface area (Å²) in [5.74, 6) is -0.578. The molecule has 10 heteroatoms. The van der Waals surface area contributed by atoms with Crippen molar-refractivity contribution in [2.75, 3.05) is 19.6 Å². The van der Waals surface area contributed by atoms with Crippen LogP contribution >= 0.6 is 23.2 Å². The molecular weight excluding hydrogens is 625 g/mol. The molecule has 0 spiro atoms. The fourth-order valence-electron chi connectivity index (χ4n) is 6.57. The third kappa shape index (κ3) is 6.98. The second-order valence-corrected chi connectivity index (χ2v) is 13.0. The summed E-state index contributed by atoms with van der Waals surface area (Å²) in [6.45, 7) is 4.20. The third-order valence-corrected chi connectivity index (χ3v) is 9.46. The lowest BCUT2D eigenvalue weighted by Gasteiger charge is -2.35. The second kappa shape index (κ2) is 13.7. The highest BCUT2D eigenvalue weighted by atomic mass is 35.5. The predicted octanol–water partition coefficient (Wildman–Crippen LogP) is 6.28. The van der Waals surface area contributed by atoms with Gasteiger partial charge < -0.3 is 19.5 Å². The van der Waals surface area contributed by atoms with Gasteiger partial charge in [-0.1, -0.05) is 59.6 Å². The highest BCUT2D eigenvalue weighted by molar-refractivity contribution is 6.31. The Morgan fingerprint density at radius 3 is 2.41 bits per heavy atom. The number of aryl methyl sites for hydroxylation is 1. The molecule has 2 aliphatic heterocycles. The van der Waals surface area contributed by atoms with Crippen LogP contribution in [0.3, 0.4) is 0 Å². The van der Waals surface area contributed by atoms with Crippen LogP contribution in [-0.2, 0) is 22.6 Å². The van der Waals surface area contributed by atoms with Crippen molar-refractivity contribution in [1.82, 2.24) is 15.1 Å². The van der Waals surface area contributed by atoms with Gasteiger partial charge in [0.15, 0.2) is 11.2 Å². The van der Waals surface area contributed by atoms with Crippen molar-refractivity contribution in [2.45, 2.75) is 57.5 Å². The smallest absolute Gasteiger partial charge is 0.287 e. The lowest BCUT2D eigenvalue weighted by atomic mass is 9.86. The van der Waals surface area contributed by atoms with E-state index in [0.29, 0.717) is 41.7 Å². The quantitative estimate of drug-likeness (QED) is 0.240. The van der Waals surface area contributed by atoms with Crippen LogP contribution in [0.4, 0.5) is 0 Å². The maximum absolute atomic E-state index is 14.0.